The van der Waals surface area contributed by atoms with Crippen molar-refractivity contribution in [2.45, 2.75) is 44.9 Å². The van der Waals surface area contributed by atoms with Crippen LogP contribution < -0.4 is 0 Å². The molecule has 1 aromatic carbocycles. The van der Waals surface area contributed by atoms with Crippen molar-refractivity contribution in [2.24, 2.45) is 0 Å². The van der Waals surface area contributed by atoms with Crippen LogP contribution in [-0.2, 0) is 5.41 Å². The summed E-state index contributed by atoms with van der Waals surface area (Å²) in [5.74, 6) is 0.834. The number of benzene rings is 1. The van der Waals surface area contributed by atoms with E-state index >= 15 is 0 Å². The number of aromatic nitrogens is 1. The first-order chi connectivity index (χ1) is 7.55. The van der Waals surface area contributed by atoms with Gasteiger partial charge in [0.1, 0.15) is 0 Å². The van der Waals surface area contributed by atoms with E-state index < -0.39 is 0 Å². The second-order valence-electron chi connectivity index (χ2n) is 6.03. The van der Waals surface area contributed by atoms with Gasteiger partial charge >= 0.3 is 0 Å². The lowest BCUT2D eigenvalue weighted by Crippen LogP contribution is -2.12. The third-order valence-electron chi connectivity index (χ3n) is 3.54. The highest BCUT2D eigenvalue weighted by atomic mass is 14.7. The van der Waals surface area contributed by atoms with Crippen LogP contribution in [0.5, 0.6) is 0 Å². The van der Waals surface area contributed by atoms with Crippen LogP contribution in [0, 0.1) is 0 Å². The normalized spacial score (nSPS) is 16.9. The van der Waals surface area contributed by atoms with E-state index in [-0.39, 0.29) is 5.41 Å². The van der Waals surface area contributed by atoms with Crippen LogP contribution in [0.15, 0.2) is 24.4 Å². The highest BCUT2D eigenvalue weighted by Gasteiger charge is 2.26. The van der Waals surface area contributed by atoms with Crippen molar-refractivity contribution in [3.63, 3.8) is 0 Å². The van der Waals surface area contributed by atoms with Gasteiger partial charge < -0.3 is 4.98 Å². The summed E-state index contributed by atoms with van der Waals surface area (Å²) in [5.41, 5.74) is 4.53. The van der Waals surface area contributed by atoms with Crippen LogP contribution >= 0.6 is 0 Å². The Morgan fingerprint density at radius 3 is 2.56 bits per heavy atom. The van der Waals surface area contributed by atoms with Gasteiger partial charge in [0.25, 0.3) is 0 Å². The molecule has 0 bridgehead atoms. The lowest BCUT2D eigenvalue weighted by atomic mass is 9.84. The summed E-state index contributed by atoms with van der Waals surface area (Å²) in [5, 5.41) is 1.37. The third kappa shape index (κ3) is 1.55. The van der Waals surface area contributed by atoms with Gasteiger partial charge in [0.15, 0.2) is 0 Å². The molecule has 0 aliphatic heterocycles. The monoisotopic (exact) mass is 213 g/mol. The molecule has 0 amide bonds. The maximum absolute atomic E-state index is 3.38. The minimum absolute atomic E-state index is 0.216. The topological polar surface area (TPSA) is 15.8 Å². The van der Waals surface area contributed by atoms with Crippen molar-refractivity contribution >= 4 is 10.9 Å². The standard InChI is InChI=1S/C15H19N/c1-15(2,3)13-9-12(10-4-5-10)8-11-6-7-16-14(11)13/h6-10,16H,4-5H2,1-3H3. The summed E-state index contributed by atoms with van der Waals surface area (Å²) < 4.78 is 0. The molecule has 1 N–H and O–H groups in total. The predicted octanol–water partition coefficient (Wildman–Crippen LogP) is 4.34. The highest BCUT2D eigenvalue weighted by Crippen LogP contribution is 2.43. The summed E-state index contributed by atoms with van der Waals surface area (Å²) in [6, 6.07) is 6.96. The average Bonchev–Trinajstić information content (AvgIpc) is 2.94. The van der Waals surface area contributed by atoms with Crippen LogP contribution in [0.1, 0.15) is 50.7 Å². The molecule has 0 spiro atoms. The van der Waals surface area contributed by atoms with E-state index in [1.807, 2.05) is 0 Å². The van der Waals surface area contributed by atoms with Gasteiger partial charge in [-0.1, -0.05) is 26.8 Å². The first-order valence-electron chi connectivity index (χ1n) is 6.17. The fourth-order valence-corrected chi connectivity index (χ4v) is 2.44. The maximum Gasteiger partial charge on any atom is 0.0492 e. The molecule has 16 heavy (non-hydrogen) atoms. The first kappa shape index (κ1) is 9.95. The number of fused-ring (bicyclic) bond motifs is 1. The Balaban J connectivity index is 2.26. The van der Waals surface area contributed by atoms with Crippen LogP contribution in [-0.4, -0.2) is 4.98 Å². The maximum atomic E-state index is 3.38. The van der Waals surface area contributed by atoms with E-state index in [0.29, 0.717) is 0 Å². The molecule has 1 fully saturated rings. The Labute approximate surface area is 96.9 Å². The Bertz CT molecular complexity index is 524. The molecule has 1 heteroatoms. The van der Waals surface area contributed by atoms with E-state index in [1.165, 1.54) is 34.9 Å². The SMILES string of the molecule is CC(C)(C)c1cc(C2CC2)cc2cc[nH]c12. The van der Waals surface area contributed by atoms with E-state index in [9.17, 15) is 0 Å². The van der Waals surface area contributed by atoms with Crippen LogP contribution in [0.2, 0.25) is 0 Å². The van der Waals surface area contributed by atoms with E-state index in [1.54, 1.807) is 0 Å². The lowest BCUT2D eigenvalue weighted by Gasteiger charge is -2.21. The Hall–Kier alpha value is -1.24. The lowest BCUT2D eigenvalue weighted by molar-refractivity contribution is 0.594. The predicted molar refractivity (Wildman–Crippen MR) is 69.0 cm³/mol. The van der Waals surface area contributed by atoms with Gasteiger partial charge in [-0.25, -0.2) is 0 Å². The molecule has 1 aromatic heterocycles. The zero-order valence-electron chi connectivity index (χ0n) is 10.3. The van der Waals surface area contributed by atoms with Gasteiger partial charge in [0.2, 0.25) is 0 Å². The fourth-order valence-electron chi connectivity index (χ4n) is 2.44. The first-order valence-corrected chi connectivity index (χ1v) is 6.17. The number of H-pyrrole nitrogens is 1. The molecular weight excluding hydrogens is 194 g/mol. The van der Waals surface area contributed by atoms with Crippen LogP contribution in [0.25, 0.3) is 10.9 Å². The largest absolute Gasteiger partial charge is 0.361 e. The summed E-state index contributed by atoms with van der Waals surface area (Å²) >= 11 is 0. The molecule has 0 saturated heterocycles. The van der Waals surface area contributed by atoms with E-state index in [0.717, 1.165) is 5.92 Å². The fraction of sp³-hybridized carbons (Fsp3) is 0.467. The zero-order valence-corrected chi connectivity index (χ0v) is 10.3. The number of hydrogen-bond acceptors (Lipinski definition) is 0. The van der Waals surface area contributed by atoms with Crippen molar-refractivity contribution in [1.29, 1.82) is 0 Å². The van der Waals surface area contributed by atoms with E-state index in [2.05, 4.69) is 50.2 Å². The second kappa shape index (κ2) is 3.13. The smallest absolute Gasteiger partial charge is 0.0492 e. The van der Waals surface area contributed by atoms with Crippen molar-refractivity contribution in [3.8, 4) is 0 Å². The van der Waals surface area contributed by atoms with Gasteiger partial charge in [0.05, 0.1) is 0 Å². The summed E-state index contributed by atoms with van der Waals surface area (Å²) in [7, 11) is 0. The van der Waals surface area contributed by atoms with Crippen LogP contribution in [0.3, 0.4) is 0 Å². The molecule has 1 heterocycles. The minimum Gasteiger partial charge on any atom is -0.361 e. The molecule has 0 unspecified atom stereocenters. The summed E-state index contributed by atoms with van der Waals surface area (Å²) in [6.07, 6.45) is 4.80. The van der Waals surface area contributed by atoms with Gasteiger partial charge in [0, 0.05) is 11.7 Å². The van der Waals surface area contributed by atoms with Crippen LogP contribution in [0.4, 0.5) is 0 Å². The molecule has 0 atom stereocenters. The Morgan fingerprint density at radius 1 is 1.19 bits per heavy atom. The van der Waals surface area contributed by atoms with Gasteiger partial charge in [-0.05, 0) is 52.8 Å². The van der Waals surface area contributed by atoms with Crippen molar-refractivity contribution < 1.29 is 0 Å². The summed E-state index contributed by atoms with van der Waals surface area (Å²) in [4.78, 5) is 3.38. The van der Waals surface area contributed by atoms with Crippen molar-refractivity contribution in [3.05, 3.63) is 35.5 Å². The van der Waals surface area contributed by atoms with Crippen molar-refractivity contribution in [2.75, 3.05) is 0 Å². The minimum atomic E-state index is 0.216. The third-order valence-corrected chi connectivity index (χ3v) is 3.54. The number of rotatable bonds is 1. The Morgan fingerprint density at radius 2 is 1.94 bits per heavy atom. The van der Waals surface area contributed by atoms with Gasteiger partial charge in [-0.15, -0.1) is 0 Å². The van der Waals surface area contributed by atoms with Gasteiger partial charge in [-0.2, -0.15) is 0 Å². The number of aromatic amines is 1. The molecule has 1 aliphatic carbocycles. The van der Waals surface area contributed by atoms with Crippen molar-refractivity contribution in [1.82, 2.24) is 4.98 Å². The molecule has 1 saturated carbocycles. The molecule has 2 aromatic rings. The molecule has 1 nitrogen and oxygen atoms in total. The van der Waals surface area contributed by atoms with Gasteiger partial charge in [-0.3, -0.25) is 0 Å². The Kier molecular flexibility index (Phi) is 1.95. The number of hydrogen-bond donors (Lipinski definition) is 1. The molecule has 3 rings (SSSR count). The zero-order chi connectivity index (χ0) is 11.3. The number of nitrogens with one attached hydrogen (secondary N) is 1. The molecule has 0 radical (unpaired) electrons. The molecular formula is C15H19N. The highest BCUT2D eigenvalue weighted by molar-refractivity contribution is 5.84. The molecule has 1 aliphatic rings. The second-order valence-corrected chi connectivity index (χ2v) is 6.03. The molecule has 84 valence electrons. The van der Waals surface area contributed by atoms with E-state index in [4.69, 9.17) is 0 Å². The summed E-state index contributed by atoms with van der Waals surface area (Å²) in [6.45, 7) is 6.87. The quantitative estimate of drug-likeness (QED) is 0.725. The average molecular weight is 213 g/mol.